The van der Waals surface area contributed by atoms with Gasteiger partial charge in [0, 0.05) is 30.6 Å². The van der Waals surface area contributed by atoms with E-state index in [4.69, 9.17) is 11.5 Å². The summed E-state index contributed by atoms with van der Waals surface area (Å²) in [6, 6.07) is 5.18. The van der Waals surface area contributed by atoms with Crippen LogP contribution in [-0.4, -0.2) is 36.4 Å². The Morgan fingerprint density at radius 1 is 1.23 bits per heavy atom. The average Bonchev–Trinajstić information content (AvgIpc) is 3.11. The number of carbonyl (C=O) groups excluding carboxylic acids is 2. The monoisotopic (exact) mass is 373 g/mol. The predicted octanol–water partition coefficient (Wildman–Crippen LogP) is 1.99. The molecule has 138 valence electrons. The van der Waals surface area contributed by atoms with E-state index in [0.717, 1.165) is 36.6 Å². The molecule has 1 saturated heterocycles. The molecular formula is C18H23N5O2S. The minimum absolute atomic E-state index is 0.277. The Morgan fingerprint density at radius 3 is 2.69 bits per heavy atom. The van der Waals surface area contributed by atoms with Gasteiger partial charge in [-0.25, -0.2) is 4.98 Å². The Kier molecular flexibility index (Phi) is 5.85. The van der Waals surface area contributed by atoms with Crippen molar-refractivity contribution in [2.45, 2.75) is 25.7 Å². The number of carbonyl (C=O) groups is 2. The van der Waals surface area contributed by atoms with Gasteiger partial charge < -0.3 is 21.7 Å². The number of nitrogens with two attached hydrogens (primary N) is 2. The van der Waals surface area contributed by atoms with Crippen LogP contribution in [0.4, 0.5) is 11.4 Å². The molecule has 2 aromatic rings. The summed E-state index contributed by atoms with van der Waals surface area (Å²) >= 11 is 1.42. The van der Waals surface area contributed by atoms with E-state index in [9.17, 15) is 9.59 Å². The van der Waals surface area contributed by atoms with Gasteiger partial charge in [-0.05, 0) is 44.0 Å². The van der Waals surface area contributed by atoms with Crippen molar-refractivity contribution in [3.8, 4) is 0 Å². The number of nitrogens with zero attached hydrogens (tertiary/aromatic N) is 2. The second-order valence-electron chi connectivity index (χ2n) is 6.26. The van der Waals surface area contributed by atoms with Crippen LogP contribution < -0.4 is 21.7 Å². The normalized spacial score (nSPS) is 14.3. The van der Waals surface area contributed by atoms with Crippen molar-refractivity contribution >= 4 is 34.5 Å². The summed E-state index contributed by atoms with van der Waals surface area (Å²) in [6.07, 6.45) is 4.01. The van der Waals surface area contributed by atoms with Crippen molar-refractivity contribution in [3.05, 3.63) is 39.8 Å². The molecule has 0 spiro atoms. The van der Waals surface area contributed by atoms with Crippen LogP contribution in [0, 0.1) is 0 Å². The predicted molar refractivity (Wildman–Crippen MR) is 104 cm³/mol. The second kappa shape index (κ2) is 8.29. The molecule has 3 rings (SSSR count). The Hall–Kier alpha value is -2.45. The van der Waals surface area contributed by atoms with Gasteiger partial charge in [0.25, 0.3) is 11.8 Å². The van der Waals surface area contributed by atoms with Gasteiger partial charge in [-0.2, -0.15) is 0 Å². The number of primary amides is 1. The van der Waals surface area contributed by atoms with Gasteiger partial charge in [0.15, 0.2) is 0 Å². The third-order valence-electron chi connectivity index (χ3n) is 4.36. The van der Waals surface area contributed by atoms with Crippen molar-refractivity contribution in [1.82, 2.24) is 4.98 Å². The zero-order valence-electron chi connectivity index (χ0n) is 14.5. The minimum atomic E-state index is -0.464. The first kappa shape index (κ1) is 18.3. The molecule has 5 N–H and O–H groups in total. The molecule has 0 radical (unpaired) electrons. The SMILES string of the molecule is NCCc1nc(C(=O)Nc2ccc(C(N)=O)c(N3CCCCC3)c2)cs1. The molecule has 1 aromatic heterocycles. The molecule has 0 unspecified atom stereocenters. The van der Waals surface area contributed by atoms with Crippen LogP contribution >= 0.6 is 11.3 Å². The van der Waals surface area contributed by atoms with E-state index in [1.807, 2.05) is 6.07 Å². The first-order valence-electron chi connectivity index (χ1n) is 8.73. The summed E-state index contributed by atoms with van der Waals surface area (Å²) in [7, 11) is 0. The lowest BCUT2D eigenvalue weighted by Crippen LogP contribution is -2.31. The van der Waals surface area contributed by atoms with Crippen molar-refractivity contribution in [2.75, 3.05) is 29.9 Å². The van der Waals surface area contributed by atoms with Gasteiger partial charge in [0.2, 0.25) is 0 Å². The lowest BCUT2D eigenvalue weighted by molar-refractivity contribution is 0.0998. The van der Waals surface area contributed by atoms with Crippen molar-refractivity contribution in [3.63, 3.8) is 0 Å². The van der Waals surface area contributed by atoms with Gasteiger partial charge in [-0.3, -0.25) is 9.59 Å². The molecule has 1 aliphatic rings. The fraction of sp³-hybridized carbons (Fsp3) is 0.389. The Morgan fingerprint density at radius 2 is 2.00 bits per heavy atom. The van der Waals surface area contributed by atoms with Gasteiger partial charge in [-0.1, -0.05) is 0 Å². The van der Waals surface area contributed by atoms with Crippen LogP contribution in [0.1, 0.15) is 45.1 Å². The molecule has 2 amide bonds. The largest absolute Gasteiger partial charge is 0.371 e. The van der Waals surface area contributed by atoms with Crippen LogP contribution in [0.25, 0.3) is 0 Å². The van der Waals surface area contributed by atoms with E-state index >= 15 is 0 Å². The molecule has 0 aliphatic carbocycles. The Balaban J connectivity index is 1.80. The maximum atomic E-state index is 12.4. The van der Waals surface area contributed by atoms with E-state index in [1.165, 1.54) is 17.8 Å². The first-order valence-corrected chi connectivity index (χ1v) is 9.61. The highest BCUT2D eigenvalue weighted by molar-refractivity contribution is 7.09. The Labute approximate surface area is 156 Å². The van der Waals surface area contributed by atoms with Crippen molar-refractivity contribution in [2.24, 2.45) is 11.5 Å². The summed E-state index contributed by atoms with van der Waals surface area (Å²) in [5.74, 6) is -0.740. The van der Waals surface area contributed by atoms with Gasteiger partial charge >= 0.3 is 0 Å². The molecule has 1 aliphatic heterocycles. The number of anilines is 2. The number of nitrogens with one attached hydrogen (secondary N) is 1. The highest BCUT2D eigenvalue weighted by Crippen LogP contribution is 2.28. The molecule has 0 atom stereocenters. The fourth-order valence-corrected chi connectivity index (χ4v) is 3.86. The second-order valence-corrected chi connectivity index (χ2v) is 7.21. The Bertz CT molecular complexity index is 799. The molecule has 0 saturated carbocycles. The summed E-state index contributed by atoms with van der Waals surface area (Å²) in [5.41, 5.74) is 13.3. The van der Waals surface area contributed by atoms with E-state index in [1.54, 1.807) is 17.5 Å². The lowest BCUT2D eigenvalue weighted by Gasteiger charge is -2.30. The number of hydrogen-bond acceptors (Lipinski definition) is 6. The standard InChI is InChI=1S/C18H23N5O2S/c19-7-6-16-22-14(11-26-16)18(25)21-12-4-5-13(17(20)24)15(10-12)23-8-2-1-3-9-23/h4-5,10-11H,1-3,6-9,19H2,(H2,20,24)(H,21,25). The highest BCUT2D eigenvalue weighted by atomic mass is 32.1. The fourth-order valence-electron chi connectivity index (χ4n) is 3.06. The van der Waals surface area contributed by atoms with Gasteiger partial charge in [0.1, 0.15) is 5.69 Å². The number of hydrogen-bond donors (Lipinski definition) is 3. The van der Waals surface area contributed by atoms with E-state index < -0.39 is 5.91 Å². The molecule has 2 heterocycles. The van der Waals surface area contributed by atoms with E-state index in [0.29, 0.717) is 29.9 Å². The maximum Gasteiger partial charge on any atom is 0.275 e. The first-order chi connectivity index (χ1) is 12.6. The third kappa shape index (κ3) is 4.20. The molecular weight excluding hydrogens is 350 g/mol. The summed E-state index contributed by atoms with van der Waals surface area (Å²) in [5, 5.41) is 5.42. The molecule has 1 fully saturated rings. The number of amides is 2. The van der Waals surface area contributed by atoms with Crippen molar-refractivity contribution in [1.29, 1.82) is 0 Å². The smallest absolute Gasteiger partial charge is 0.275 e. The average molecular weight is 373 g/mol. The molecule has 8 heteroatoms. The van der Waals surface area contributed by atoms with E-state index in [-0.39, 0.29) is 5.91 Å². The van der Waals surface area contributed by atoms with Crippen LogP contribution in [-0.2, 0) is 6.42 Å². The number of aromatic nitrogens is 1. The van der Waals surface area contributed by atoms with Crippen LogP contribution in [0.3, 0.4) is 0 Å². The molecule has 0 bridgehead atoms. The van der Waals surface area contributed by atoms with Crippen LogP contribution in [0.5, 0.6) is 0 Å². The zero-order chi connectivity index (χ0) is 18.5. The summed E-state index contributed by atoms with van der Waals surface area (Å²) in [4.78, 5) is 30.7. The number of thiazole rings is 1. The van der Waals surface area contributed by atoms with Crippen molar-refractivity contribution < 1.29 is 9.59 Å². The highest BCUT2D eigenvalue weighted by Gasteiger charge is 2.19. The molecule has 7 nitrogen and oxygen atoms in total. The van der Waals surface area contributed by atoms with E-state index in [2.05, 4.69) is 15.2 Å². The summed E-state index contributed by atoms with van der Waals surface area (Å²) < 4.78 is 0. The van der Waals surface area contributed by atoms with Gasteiger partial charge in [-0.15, -0.1) is 11.3 Å². The van der Waals surface area contributed by atoms with Crippen LogP contribution in [0.2, 0.25) is 0 Å². The maximum absolute atomic E-state index is 12.4. The summed E-state index contributed by atoms with van der Waals surface area (Å²) in [6.45, 7) is 2.26. The third-order valence-corrected chi connectivity index (χ3v) is 5.27. The molecule has 1 aromatic carbocycles. The number of piperidine rings is 1. The molecule has 26 heavy (non-hydrogen) atoms. The van der Waals surface area contributed by atoms with Crippen LogP contribution in [0.15, 0.2) is 23.6 Å². The minimum Gasteiger partial charge on any atom is -0.371 e. The number of benzene rings is 1. The quantitative estimate of drug-likeness (QED) is 0.716. The topological polar surface area (TPSA) is 114 Å². The van der Waals surface area contributed by atoms with Gasteiger partial charge in [0.05, 0.1) is 16.3 Å². The lowest BCUT2D eigenvalue weighted by atomic mass is 10.1. The zero-order valence-corrected chi connectivity index (χ0v) is 15.3. The number of rotatable bonds is 6.